The molecule has 0 N–H and O–H groups in total. The molecule has 1 aliphatic carbocycles. The van der Waals surface area contributed by atoms with Gasteiger partial charge in [0, 0.05) is 11.7 Å². The Hall–Kier alpha value is -2.36. The fraction of sp³-hybridized carbons (Fsp3) is 0.400. The lowest BCUT2D eigenvalue weighted by atomic mass is 10.0. The van der Waals surface area contributed by atoms with E-state index in [9.17, 15) is 9.59 Å². The summed E-state index contributed by atoms with van der Waals surface area (Å²) in [5.41, 5.74) is 3.59. The van der Waals surface area contributed by atoms with E-state index in [4.69, 9.17) is 4.74 Å². The van der Waals surface area contributed by atoms with E-state index < -0.39 is 5.97 Å². The first-order valence-corrected chi connectivity index (χ1v) is 8.44. The highest BCUT2D eigenvalue weighted by Gasteiger charge is 2.40. The second kappa shape index (κ2) is 6.63. The van der Waals surface area contributed by atoms with Gasteiger partial charge in [0.15, 0.2) is 0 Å². The quantitative estimate of drug-likeness (QED) is 0.630. The number of hydrogen-bond acceptors (Lipinski definition) is 3. The summed E-state index contributed by atoms with van der Waals surface area (Å²) in [5, 5.41) is 0. The topological polar surface area (TPSA) is 46.6 Å². The molecule has 0 unspecified atom stereocenters. The molecule has 1 aliphatic heterocycles. The van der Waals surface area contributed by atoms with Crippen LogP contribution in [-0.4, -0.2) is 29.9 Å². The summed E-state index contributed by atoms with van der Waals surface area (Å²) >= 11 is 0. The summed E-state index contributed by atoms with van der Waals surface area (Å²) in [4.78, 5) is 27.1. The zero-order valence-electron chi connectivity index (χ0n) is 14.5. The molecule has 1 aromatic carbocycles. The van der Waals surface area contributed by atoms with Gasteiger partial charge in [0.1, 0.15) is 0 Å². The molecule has 2 aliphatic rings. The Kier molecular flexibility index (Phi) is 4.56. The lowest BCUT2D eigenvalue weighted by molar-refractivity contribution is -0.136. The van der Waals surface area contributed by atoms with Gasteiger partial charge in [0.2, 0.25) is 0 Å². The van der Waals surface area contributed by atoms with Gasteiger partial charge in [0.25, 0.3) is 5.91 Å². The molecule has 4 heteroatoms. The predicted molar refractivity (Wildman–Crippen MR) is 93.0 cm³/mol. The normalized spacial score (nSPS) is 20.4. The number of carbonyl (C=O) groups excluding carboxylic acids is 2. The summed E-state index contributed by atoms with van der Waals surface area (Å²) in [6.07, 6.45) is 6.06. The first-order valence-electron chi connectivity index (χ1n) is 8.44. The lowest BCUT2D eigenvalue weighted by Gasteiger charge is -2.25. The number of esters is 1. The third-order valence-electron chi connectivity index (χ3n) is 4.87. The van der Waals surface area contributed by atoms with Gasteiger partial charge in [0.05, 0.1) is 18.3 Å². The predicted octanol–water partition coefficient (Wildman–Crippen LogP) is 3.61. The minimum absolute atomic E-state index is 0.0821. The highest BCUT2D eigenvalue weighted by atomic mass is 16.5. The average Bonchev–Trinajstić information content (AvgIpc) is 3.15. The number of methoxy groups -OCH3 is 1. The van der Waals surface area contributed by atoms with Crippen molar-refractivity contribution < 1.29 is 14.3 Å². The number of nitrogens with zero attached hydrogens (tertiary/aromatic N) is 1. The third-order valence-corrected chi connectivity index (χ3v) is 4.87. The summed E-state index contributed by atoms with van der Waals surface area (Å²) in [7, 11) is 1.36. The van der Waals surface area contributed by atoms with Gasteiger partial charge in [-0.05, 0) is 38.3 Å². The summed E-state index contributed by atoms with van der Waals surface area (Å²) < 4.78 is 4.94. The van der Waals surface area contributed by atoms with Crippen LogP contribution in [0.5, 0.6) is 0 Å². The van der Waals surface area contributed by atoms with Crippen molar-refractivity contribution in [1.82, 2.24) is 4.90 Å². The molecule has 0 radical (unpaired) electrons. The number of hydrogen-bond donors (Lipinski definition) is 0. The van der Waals surface area contributed by atoms with Gasteiger partial charge in [-0.25, -0.2) is 4.79 Å². The van der Waals surface area contributed by atoms with E-state index in [1.807, 2.05) is 38.1 Å². The van der Waals surface area contributed by atoms with Crippen molar-refractivity contribution in [3.63, 3.8) is 0 Å². The molecule has 0 aromatic heterocycles. The number of benzene rings is 1. The van der Waals surface area contributed by atoms with Crippen LogP contribution in [0.3, 0.4) is 0 Å². The highest BCUT2D eigenvalue weighted by Crippen LogP contribution is 2.37. The highest BCUT2D eigenvalue weighted by molar-refractivity contribution is 6.16. The number of aryl methyl sites for hydroxylation is 1. The summed E-state index contributed by atoms with van der Waals surface area (Å²) in [5.74, 6) is -0.526. The number of carbonyl (C=O) groups is 2. The van der Waals surface area contributed by atoms with Gasteiger partial charge in [-0.3, -0.25) is 4.79 Å². The van der Waals surface area contributed by atoms with Crippen molar-refractivity contribution in [2.45, 2.75) is 45.6 Å². The van der Waals surface area contributed by atoms with Crippen LogP contribution >= 0.6 is 0 Å². The molecule has 126 valence electrons. The number of allylic oxidation sites excluding steroid dienone is 1. The SMILES string of the molecule is COC(=O)C1=C(C)N(C2CCCC2)C(=O)/C1=C\c1cccc(C)c1. The maximum atomic E-state index is 13.0. The van der Waals surface area contributed by atoms with Crippen molar-refractivity contribution in [2.75, 3.05) is 7.11 Å². The Morgan fingerprint density at radius 3 is 2.58 bits per heavy atom. The molecule has 4 nitrogen and oxygen atoms in total. The van der Waals surface area contributed by atoms with Crippen molar-refractivity contribution in [2.24, 2.45) is 0 Å². The van der Waals surface area contributed by atoms with E-state index >= 15 is 0 Å². The Labute approximate surface area is 142 Å². The molecule has 0 bridgehead atoms. The lowest BCUT2D eigenvalue weighted by Crippen LogP contribution is -2.34. The molecule has 3 rings (SSSR count). The molecule has 1 heterocycles. The van der Waals surface area contributed by atoms with Gasteiger partial charge in [-0.2, -0.15) is 0 Å². The summed E-state index contributed by atoms with van der Waals surface area (Å²) in [6, 6.07) is 8.09. The van der Waals surface area contributed by atoms with Crippen LogP contribution in [0.2, 0.25) is 0 Å². The monoisotopic (exact) mass is 325 g/mol. The number of ether oxygens (including phenoxy) is 1. The molecule has 24 heavy (non-hydrogen) atoms. The second-order valence-electron chi connectivity index (χ2n) is 6.54. The van der Waals surface area contributed by atoms with Crippen LogP contribution in [-0.2, 0) is 14.3 Å². The Bertz CT molecular complexity index is 739. The maximum absolute atomic E-state index is 13.0. The van der Waals surface area contributed by atoms with E-state index in [1.165, 1.54) is 7.11 Å². The van der Waals surface area contributed by atoms with Crippen molar-refractivity contribution >= 4 is 18.0 Å². The Balaban J connectivity index is 2.06. The first-order chi connectivity index (χ1) is 11.5. The van der Waals surface area contributed by atoms with Gasteiger partial charge in [-0.15, -0.1) is 0 Å². The third kappa shape index (κ3) is 2.88. The number of rotatable bonds is 3. The van der Waals surface area contributed by atoms with Crippen molar-refractivity contribution in [3.8, 4) is 0 Å². The largest absolute Gasteiger partial charge is 0.465 e. The molecule has 0 atom stereocenters. The van der Waals surface area contributed by atoms with E-state index in [0.717, 1.165) is 42.5 Å². The maximum Gasteiger partial charge on any atom is 0.340 e. The molecular weight excluding hydrogens is 302 g/mol. The molecule has 1 amide bonds. The van der Waals surface area contributed by atoms with Crippen LogP contribution in [0.4, 0.5) is 0 Å². The van der Waals surface area contributed by atoms with Crippen molar-refractivity contribution in [3.05, 3.63) is 52.2 Å². The van der Waals surface area contributed by atoms with E-state index in [2.05, 4.69) is 0 Å². The van der Waals surface area contributed by atoms with Gasteiger partial charge >= 0.3 is 5.97 Å². The number of amides is 1. The van der Waals surface area contributed by atoms with Gasteiger partial charge < -0.3 is 9.64 Å². The fourth-order valence-electron chi connectivity index (χ4n) is 3.73. The molecule has 0 saturated heterocycles. The average molecular weight is 325 g/mol. The standard InChI is InChI=1S/C20H23NO3/c1-13-7-6-8-15(11-13)12-17-18(20(23)24-3)14(2)21(19(17)22)16-9-4-5-10-16/h6-8,11-12,16H,4-5,9-10H2,1-3H3/b17-12-. The van der Waals surface area contributed by atoms with E-state index in [-0.39, 0.29) is 11.9 Å². The van der Waals surface area contributed by atoms with Crippen LogP contribution in [0.15, 0.2) is 41.1 Å². The van der Waals surface area contributed by atoms with Crippen LogP contribution < -0.4 is 0 Å². The Morgan fingerprint density at radius 2 is 1.96 bits per heavy atom. The Morgan fingerprint density at radius 1 is 1.25 bits per heavy atom. The fourth-order valence-corrected chi connectivity index (χ4v) is 3.73. The smallest absolute Gasteiger partial charge is 0.340 e. The van der Waals surface area contributed by atoms with E-state index in [0.29, 0.717) is 11.1 Å². The zero-order valence-corrected chi connectivity index (χ0v) is 14.5. The van der Waals surface area contributed by atoms with Crippen molar-refractivity contribution in [1.29, 1.82) is 0 Å². The molecule has 1 fully saturated rings. The van der Waals surface area contributed by atoms with Crippen LogP contribution in [0.25, 0.3) is 6.08 Å². The molecular formula is C20H23NO3. The summed E-state index contributed by atoms with van der Waals surface area (Å²) in [6.45, 7) is 3.85. The minimum atomic E-state index is -0.444. The van der Waals surface area contributed by atoms with Crippen LogP contribution in [0.1, 0.15) is 43.7 Å². The first kappa shape index (κ1) is 16.5. The molecule has 1 aromatic rings. The zero-order chi connectivity index (χ0) is 17.3. The molecule has 0 spiro atoms. The van der Waals surface area contributed by atoms with Gasteiger partial charge in [-0.1, -0.05) is 42.7 Å². The molecule has 1 saturated carbocycles. The van der Waals surface area contributed by atoms with Crippen LogP contribution in [0, 0.1) is 6.92 Å². The second-order valence-corrected chi connectivity index (χ2v) is 6.54. The minimum Gasteiger partial charge on any atom is -0.465 e. The van der Waals surface area contributed by atoms with E-state index in [1.54, 1.807) is 11.0 Å².